The molecule has 0 bridgehead atoms. The molecule has 0 aromatic heterocycles. The molecule has 1 heterocycles. The molecule has 1 aliphatic heterocycles. The molecular weight excluding hydrogens is 346 g/mol. The molecule has 0 N–H and O–H groups in total. The summed E-state index contributed by atoms with van der Waals surface area (Å²) in [6.07, 6.45) is 4.23. The van der Waals surface area contributed by atoms with Gasteiger partial charge >= 0.3 is 5.97 Å². The van der Waals surface area contributed by atoms with E-state index in [1.54, 1.807) is 28.8 Å². The van der Waals surface area contributed by atoms with Crippen molar-refractivity contribution in [2.24, 2.45) is 11.8 Å². The Bertz CT molecular complexity index is 627. The van der Waals surface area contributed by atoms with Gasteiger partial charge in [0, 0.05) is 11.8 Å². The number of ether oxygens (including phenoxy) is 1. The van der Waals surface area contributed by atoms with Crippen LogP contribution >= 0.6 is 11.8 Å². The molecule has 1 aliphatic rings. The van der Waals surface area contributed by atoms with Crippen LogP contribution in [0.2, 0.25) is 0 Å². The highest BCUT2D eigenvalue weighted by molar-refractivity contribution is 8.00. The minimum atomic E-state index is -0.504. The number of thioether (sulfide) groups is 1. The van der Waals surface area contributed by atoms with Crippen LogP contribution in [-0.4, -0.2) is 40.6 Å². The third-order valence-electron chi connectivity index (χ3n) is 4.07. The van der Waals surface area contributed by atoms with E-state index in [4.69, 9.17) is 4.74 Å². The number of hydrogen-bond donors (Lipinski definition) is 0. The summed E-state index contributed by atoms with van der Waals surface area (Å²) in [5, 5.41) is 0.0134. The van der Waals surface area contributed by atoms with Crippen LogP contribution in [0.25, 0.3) is 6.08 Å². The fourth-order valence-corrected chi connectivity index (χ4v) is 4.42. The van der Waals surface area contributed by atoms with Gasteiger partial charge in [0.1, 0.15) is 6.04 Å². The average molecular weight is 376 g/mol. The van der Waals surface area contributed by atoms with Gasteiger partial charge in [-0.05, 0) is 29.9 Å². The van der Waals surface area contributed by atoms with Crippen molar-refractivity contribution in [3.8, 4) is 0 Å². The molecule has 0 spiro atoms. The van der Waals surface area contributed by atoms with Crippen LogP contribution in [-0.2, 0) is 14.3 Å². The molecule has 0 aliphatic carbocycles. The third kappa shape index (κ3) is 5.90. The normalized spacial score (nSPS) is 20.3. The van der Waals surface area contributed by atoms with Crippen LogP contribution in [0.3, 0.4) is 0 Å². The van der Waals surface area contributed by atoms with Gasteiger partial charge in [-0.1, -0.05) is 58.0 Å². The molecule has 142 valence electrons. The van der Waals surface area contributed by atoms with Crippen LogP contribution in [0.15, 0.2) is 36.4 Å². The lowest BCUT2D eigenvalue weighted by molar-refractivity contribution is -0.153. The molecular formula is C21H29NO3S. The Morgan fingerprint density at radius 1 is 1.19 bits per heavy atom. The van der Waals surface area contributed by atoms with Crippen molar-refractivity contribution in [3.05, 3.63) is 42.0 Å². The molecule has 0 radical (unpaired) electrons. The second-order valence-electron chi connectivity index (χ2n) is 7.45. The Hall–Kier alpha value is -1.75. The van der Waals surface area contributed by atoms with Crippen LogP contribution < -0.4 is 0 Å². The van der Waals surface area contributed by atoms with Crippen LogP contribution in [0.5, 0.6) is 0 Å². The summed E-state index contributed by atoms with van der Waals surface area (Å²) >= 11 is 1.67. The predicted octanol–water partition coefficient (Wildman–Crippen LogP) is 4.22. The molecule has 5 heteroatoms. The van der Waals surface area contributed by atoms with E-state index in [1.807, 2.05) is 44.2 Å². The highest BCUT2D eigenvalue weighted by Gasteiger charge is 2.41. The van der Waals surface area contributed by atoms with E-state index in [-0.39, 0.29) is 23.2 Å². The minimum absolute atomic E-state index is 0.0134. The van der Waals surface area contributed by atoms with Crippen molar-refractivity contribution in [2.75, 3.05) is 12.4 Å². The summed E-state index contributed by atoms with van der Waals surface area (Å²) in [7, 11) is 0. The minimum Gasteiger partial charge on any atom is -0.464 e. The maximum Gasteiger partial charge on any atom is 0.329 e. The predicted molar refractivity (Wildman–Crippen MR) is 108 cm³/mol. The molecule has 1 aromatic carbocycles. The highest BCUT2D eigenvalue weighted by atomic mass is 32.2. The first kappa shape index (κ1) is 20.6. The number of rotatable bonds is 7. The molecule has 1 aromatic rings. The standard InChI is InChI=1S/C21H29NO3S/c1-15(2)12-20-22(18(14-26-20)21(24)25-13-16(3)4)19(23)11-10-17-8-6-5-7-9-17/h5-11,15-16,18,20H,12-14H2,1-4H3. The van der Waals surface area contributed by atoms with Crippen molar-refractivity contribution in [2.45, 2.75) is 45.5 Å². The number of nitrogens with zero attached hydrogens (tertiary/aromatic N) is 1. The van der Waals surface area contributed by atoms with Gasteiger partial charge in [-0.15, -0.1) is 11.8 Å². The van der Waals surface area contributed by atoms with Crippen molar-refractivity contribution < 1.29 is 14.3 Å². The Labute approximate surface area is 161 Å². The second-order valence-corrected chi connectivity index (χ2v) is 8.66. The fraction of sp³-hybridized carbons (Fsp3) is 0.524. The number of benzene rings is 1. The summed E-state index contributed by atoms with van der Waals surface area (Å²) in [4.78, 5) is 27.1. The number of carbonyl (C=O) groups is 2. The molecule has 0 saturated carbocycles. The summed E-state index contributed by atoms with van der Waals surface area (Å²) < 4.78 is 5.41. The van der Waals surface area contributed by atoms with Crippen molar-refractivity contribution >= 4 is 29.7 Å². The number of esters is 1. The van der Waals surface area contributed by atoms with Crippen molar-refractivity contribution in [1.82, 2.24) is 4.90 Å². The van der Waals surface area contributed by atoms with Gasteiger partial charge in [-0.3, -0.25) is 4.79 Å². The average Bonchev–Trinajstić information content (AvgIpc) is 3.01. The van der Waals surface area contributed by atoms with E-state index in [0.717, 1.165) is 12.0 Å². The summed E-state index contributed by atoms with van der Waals surface area (Å²) in [6.45, 7) is 8.66. The van der Waals surface area contributed by atoms with E-state index >= 15 is 0 Å². The van der Waals surface area contributed by atoms with E-state index in [9.17, 15) is 9.59 Å². The lowest BCUT2D eigenvalue weighted by Gasteiger charge is -2.28. The first-order chi connectivity index (χ1) is 12.4. The summed E-state index contributed by atoms with van der Waals surface area (Å²) in [5.41, 5.74) is 0.965. The van der Waals surface area contributed by atoms with Crippen molar-refractivity contribution in [3.63, 3.8) is 0 Å². The maximum atomic E-state index is 12.9. The number of hydrogen-bond acceptors (Lipinski definition) is 4. The van der Waals surface area contributed by atoms with E-state index in [0.29, 0.717) is 18.3 Å². The van der Waals surface area contributed by atoms with Crippen LogP contribution in [0.1, 0.15) is 39.7 Å². The largest absolute Gasteiger partial charge is 0.464 e. The van der Waals surface area contributed by atoms with Gasteiger partial charge in [-0.2, -0.15) is 0 Å². The van der Waals surface area contributed by atoms with Gasteiger partial charge in [0.2, 0.25) is 5.91 Å². The molecule has 26 heavy (non-hydrogen) atoms. The van der Waals surface area contributed by atoms with Gasteiger partial charge < -0.3 is 9.64 Å². The lowest BCUT2D eigenvalue weighted by Crippen LogP contribution is -2.46. The topological polar surface area (TPSA) is 46.6 Å². The van der Waals surface area contributed by atoms with Gasteiger partial charge in [0.05, 0.1) is 12.0 Å². The van der Waals surface area contributed by atoms with E-state index < -0.39 is 6.04 Å². The maximum absolute atomic E-state index is 12.9. The monoisotopic (exact) mass is 375 g/mol. The first-order valence-electron chi connectivity index (χ1n) is 9.22. The van der Waals surface area contributed by atoms with E-state index in [1.165, 1.54) is 0 Å². The quantitative estimate of drug-likeness (QED) is 0.529. The Morgan fingerprint density at radius 3 is 2.50 bits per heavy atom. The summed E-state index contributed by atoms with van der Waals surface area (Å²) in [5.74, 6) is 0.905. The number of amides is 1. The molecule has 2 rings (SSSR count). The Kier molecular flexibility index (Phi) is 7.76. The Balaban J connectivity index is 2.13. The third-order valence-corrected chi connectivity index (χ3v) is 5.38. The molecule has 2 atom stereocenters. The van der Waals surface area contributed by atoms with Crippen LogP contribution in [0.4, 0.5) is 0 Å². The van der Waals surface area contributed by atoms with Gasteiger partial charge in [0.25, 0.3) is 0 Å². The number of carbonyl (C=O) groups excluding carboxylic acids is 2. The fourth-order valence-electron chi connectivity index (χ4n) is 2.79. The van der Waals surface area contributed by atoms with E-state index in [2.05, 4.69) is 13.8 Å². The molecule has 1 saturated heterocycles. The highest BCUT2D eigenvalue weighted by Crippen LogP contribution is 2.34. The first-order valence-corrected chi connectivity index (χ1v) is 10.3. The Morgan fingerprint density at radius 2 is 1.88 bits per heavy atom. The zero-order valence-corrected chi connectivity index (χ0v) is 16.9. The zero-order chi connectivity index (χ0) is 19.1. The van der Waals surface area contributed by atoms with Gasteiger partial charge in [-0.25, -0.2) is 4.79 Å². The SMILES string of the molecule is CC(C)COC(=O)C1CSC(CC(C)C)N1C(=O)C=Cc1ccccc1. The lowest BCUT2D eigenvalue weighted by atomic mass is 10.1. The van der Waals surface area contributed by atoms with Gasteiger partial charge in [0.15, 0.2) is 0 Å². The second kappa shape index (κ2) is 9.81. The summed E-state index contributed by atoms with van der Waals surface area (Å²) in [6, 6.07) is 9.20. The molecule has 4 nitrogen and oxygen atoms in total. The molecule has 1 amide bonds. The molecule has 1 fully saturated rings. The van der Waals surface area contributed by atoms with Crippen molar-refractivity contribution in [1.29, 1.82) is 0 Å². The molecule has 2 unspecified atom stereocenters. The van der Waals surface area contributed by atoms with Crippen LogP contribution in [0, 0.1) is 11.8 Å². The zero-order valence-electron chi connectivity index (χ0n) is 16.1. The smallest absolute Gasteiger partial charge is 0.329 e.